The molecule has 3 fully saturated rings. The van der Waals surface area contributed by atoms with Crippen molar-refractivity contribution in [3.05, 3.63) is 69.3 Å². The summed E-state index contributed by atoms with van der Waals surface area (Å²) >= 11 is 19.7. The number of aromatic hydroxyl groups is 1. The first-order valence-corrected chi connectivity index (χ1v) is 16.1. The highest BCUT2D eigenvalue weighted by Crippen LogP contribution is 2.66. The number of benzene rings is 2. The summed E-state index contributed by atoms with van der Waals surface area (Å²) in [6.45, 7) is 3.75. The van der Waals surface area contributed by atoms with E-state index in [1.54, 1.807) is 42.5 Å². The van der Waals surface area contributed by atoms with Gasteiger partial charge in [0, 0.05) is 5.92 Å². The second kappa shape index (κ2) is 10.3. The van der Waals surface area contributed by atoms with E-state index in [1.165, 1.54) is 12.0 Å². The molecule has 8 nitrogen and oxygen atoms in total. The molecule has 12 heteroatoms. The highest BCUT2D eigenvalue weighted by Gasteiger charge is 2.76. The van der Waals surface area contributed by atoms with E-state index in [2.05, 4.69) is 22.5 Å². The number of allylic oxidation sites excluding steroid dienone is 2. The average Bonchev–Trinajstić information content (AvgIpc) is 3.32. The van der Waals surface area contributed by atoms with Crippen molar-refractivity contribution in [3.8, 4) is 11.5 Å². The molecular formula is C30H24BrCl2IN2O6. The van der Waals surface area contributed by atoms with Crippen LogP contribution in [-0.2, 0) is 19.2 Å². The second-order valence-corrected chi connectivity index (χ2v) is 13.8. The topological polar surface area (TPSA) is 104 Å². The summed E-state index contributed by atoms with van der Waals surface area (Å²) in [5, 5.41) is 10.6. The minimum absolute atomic E-state index is 0.0850. The zero-order chi connectivity index (χ0) is 30.3. The van der Waals surface area contributed by atoms with Gasteiger partial charge >= 0.3 is 0 Å². The molecule has 1 saturated carbocycles. The van der Waals surface area contributed by atoms with Gasteiger partial charge in [0.25, 0.3) is 11.8 Å². The van der Waals surface area contributed by atoms with E-state index in [0.717, 1.165) is 10.5 Å². The van der Waals surface area contributed by atoms with Crippen molar-refractivity contribution in [2.24, 2.45) is 17.8 Å². The maximum atomic E-state index is 14.1. The number of rotatable bonds is 5. The molecule has 4 aliphatic rings. The number of methoxy groups -OCH3 is 1. The number of imide groups is 2. The first kappa shape index (κ1) is 29.7. The molecule has 4 amide bonds. The Labute approximate surface area is 273 Å². The molecule has 6 rings (SSSR count). The van der Waals surface area contributed by atoms with Crippen molar-refractivity contribution in [2.45, 2.75) is 28.5 Å². The minimum atomic E-state index is -1.94. The number of anilines is 1. The van der Waals surface area contributed by atoms with Crippen LogP contribution in [0.15, 0.2) is 54.6 Å². The Hall–Kier alpha value is -2.41. The number of carbonyl (C=O) groups is 4. The monoisotopic (exact) mass is 784 g/mol. The Kier molecular flexibility index (Phi) is 7.31. The first-order chi connectivity index (χ1) is 19.9. The van der Waals surface area contributed by atoms with Crippen LogP contribution in [0.1, 0.15) is 29.9 Å². The van der Waals surface area contributed by atoms with Crippen LogP contribution in [0.2, 0.25) is 0 Å². The summed E-state index contributed by atoms with van der Waals surface area (Å²) in [6, 6.07) is 10.2. The van der Waals surface area contributed by atoms with E-state index >= 15 is 0 Å². The number of hydrogen-bond acceptors (Lipinski definition) is 6. The molecule has 0 radical (unpaired) electrons. The predicted molar refractivity (Wildman–Crippen MR) is 170 cm³/mol. The van der Waals surface area contributed by atoms with Gasteiger partial charge in [-0.1, -0.05) is 52.4 Å². The van der Waals surface area contributed by atoms with Gasteiger partial charge in [-0.15, -0.1) is 23.2 Å². The summed E-state index contributed by atoms with van der Waals surface area (Å²) in [5.74, 6) is -5.06. The third-order valence-electron chi connectivity index (χ3n) is 9.01. The molecule has 2 aromatic carbocycles. The van der Waals surface area contributed by atoms with Crippen LogP contribution >= 0.6 is 61.7 Å². The Morgan fingerprint density at radius 2 is 1.81 bits per heavy atom. The molecule has 42 heavy (non-hydrogen) atoms. The molecule has 1 N–H and O–H groups in total. The minimum Gasteiger partial charge on any atom is -0.504 e. The summed E-state index contributed by atoms with van der Waals surface area (Å²) in [4.78, 5) is 53.9. The molecule has 2 aromatic rings. The predicted octanol–water partition coefficient (Wildman–Crippen LogP) is 5.56. The number of amides is 4. The molecule has 0 aromatic heterocycles. The van der Waals surface area contributed by atoms with E-state index in [4.69, 9.17) is 27.9 Å². The number of nitrogens with zero attached hydrogens (tertiary/aromatic N) is 2. The fraction of sp³-hybridized carbons (Fsp3) is 0.333. The normalized spacial score (nSPS) is 32.0. The number of halogens is 4. The van der Waals surface area contributed by atoms with Crippen molar-refractivity contribution in [3.63, 3.8) is 0 Å². The molecule has 2 aliphatic heterocycles. The highest BCUT2D eigenvalue weighted by molar-refractivity contribution is 14.1. The molecule has 0 spiro atoms. The van der Waals surface area contributed by atoms with Crippen LogP contribution in [0.3, 0.4) is 0 Å². The third-order valence-corrected chi connectivity index (χ3v) is 11.7. The van der Waals surface area contributed by atoms with E-state index < -0.39 is 45.2 Å². The number of alkyl halides is 3. The van der Waals surface area contributed by atoms with Crippen molar-refractivity contribution >= 4 is 97.1 Å². The molecule has 2 aliphatic carbocycles. The Balaban J connectivity index is 1.52. The highest BCUT2D eigenvalue weighted by atomic mass is 127. The lowest BCUT2D eigenvalue weighted by molar-refractivity contribution is -0.138. The third kappa shape index (κ3) is 3.83. The zero-order valence-corrected chi connectivity index (χ0v) is 27.4. The van der Waals surface area contributed by atoms with Crippen LogP contribution in [0.4, 0.5) is 5.69 Å². The van der Waals surface area contributed by atoms with Crippen molar-refractivity contribution in [1.82, 2.24) is 4.90 Å². The van der Waals surface area contributed by atoms with Gasteiger partial charge in [-0.25, -0.2) is 0 Å². The SMILES string of the molecule is C=Cc1ccc(N2C(=O)[C@H]3[C@H](CC=C4[C@H]3C[C@@]3(Cl)C(=O)N(CBr)C(=O)[C@@]3(Cl)[C@H]4c3cc(I)c(O)c(OC)c3)C2=O)cc1. The summed E-state index contributed by atoms with van der Waals surface area (Å²) in [6.07, 6.45) is 3.68. The van der Waals surface area contributed by atoms with Crippen LogP contribution in [0.25, 0.3) is 6.08 Å². The zero-order valence-electron chi connectivity index (χ0n) is 22.2. The first-order valence-electron chi connectivity index (χ1n) is 13.1. The van der Waals surface area contributed by atoms with E-state index in [1.807, 2.05) is 28.7 Å². The van der Waals surface area contributed by atoms with Crippen LogP contribution in [-0.4, -0.2) is 55.9 Å². The molecule has 218 valence electrons. The number of ether oxygens (including phenoxy) is 1. The molecule has 2 saturated heterocycles. The van der Waals surface area contributed by atoms with Gasteiger partial charge in [0.2, 0.25) is 11.8 Å². The van der Waals surface area contributed by atoms with Gasteiger partial charge in [-0.2, -0.15) is 0 Å². The van der Waals surface area contributed by atoms with E-state index in [9.17, 15) is 24.3 Å². The number of likely N-dealkylation sites (tertiary alicyclic amines) is 1. The fourth-order valence-electron chi connectivity index (χ4n) is 7.06. The van der Waals surface area contributed by atoms with Crippen molar-refractivity contribution in [2.75, 3.05) is 17.5 Å². The summed E-state index contributed by atoms with van der Waals surface area (Å²) < 4.78 is 5.84. The second-order valence-electron chi connectivity index (χ2n) is 10.8. The molecule has 0 unspecified atom stereocenters. The lowest BCUT2D eigenvalue weighted by atomic mass is 9.56. The molecule has 0 bridgehead atoms. The molecular weight excluding hydrogens is 762 g/mol. The number of carbonyl (C=O) groups excluding carboxylic acids is 4. The van der Waals surface area contributed by atoms with Crippen LogP contribution in [0, 0.1) is 21.3 Å². The smallest absolute Gasteiger partial charge is 0.254 e. The lowest BCUT2D eigenvalue weighted by Gasteiger charge is -2.50. The average molecular weight is 786 g/mol. The van der Waals surface area contributed by atoms with Gasteiger partial charge in [-0.3, -0.25) is 29.0 Å². The Morgan fingerprint density at radius 1 is 1.12 bits per heavy atom. The number of hydrogen-bond donors (Lipinski definition) is 1. The van der Waals surface area contributed by atoms with Gasteiger partial charge in [-0.05, 0) is 76.7 Å². The Bertz CT molecular complexity index is 1620. The van der Waals surface area contributed by atoms with Gasteiger partial charge in [0.15, 0.2) is 21.2 Å². The quantitative estimate of drug-likeness (QED) is 0.140. The number of fused-ring (bicyclic) bond motifs is 4. The van der Waals surface area contributed by atoms with Gasteiger partial charge < -0.3 is 9.84 Å². The van der Waals surface area contributed by atoms with E-state index in [0.29, 0.717) is 20.4 Å². The maximum absolute atomic E-state index is 14.1. The maximum Gasteiger partial charge on any atom is 0.254 e. The summed E-state index contributed by atoms with van der Waals surface area (Å²) in [5.41, 5.74) is 2.33. The molecule has 6 atom stereocenters. The fourth-order valence-corrected chi connectivity index (χ4v) is 9.11. The number of phenolic OH excluding ortho intramolecular Hbond substituents is 1. The van der Waals surface area contributed by atoms with Crippen LogP contribution < -0.4 is 9.64 Å². The standard InChI is InChI=1S/C30H24BrCl2IN2O6/c1-3-14-4-6-16(7-5-14)36-25(38)18-9-8-17-19(22(18)26(36)39)12-29(32)27(40)35(13-31)28(41)30(29,33)23(17)15-10-20(34)24(37)21(11-15)42-2/h3-8,10-11,18-19,22-23,37H,1,9,12-13H2,2H3/t18-,19+,22-,23-,29+,30-/m0/s1. The van der Waals surface area contributed by atoms with Gasteiger partial charge in [0.1, 0.15) is 0 Å². The Morgan fingerprint density at radius 3 is 2.43 bits per heavy atom. The van der Waals surface area contributed by atoms with Crippen molar-refractivity contribution < 1.29 is 29.0 Å². The summed E-state index contributed by atoms with van der Waals surface area (Å²) in [7, 11) is 1.40. The lowest BCUT2D eigenvalue weighted by Crippen LogP contribution is -2.60. The largest absolute Gasteiger partial charge is 0.504 e. The van der Waals surface area contributed by atoms with Crippen LogP contribution in [0.5, 0.6) is 11.5 Å². The van der Waals surface area contributed by atoms with Gasteiger partial charge in [0.05, 0.1) is 33.7 Å². The molecule has 2 heterocycles. The van der Waals surface area contributed by atoms with Crippen molar-refractivity contribution in [1.29, 1.82) is 0 Å². The number of phenols is 1. The van der Waals surface area contributed by atoms with E-state index in [-0.39, 0.29) is 41.6 Å².